The van der Waals surface area contributed by atoms with Gasteiger partial charge in [-0.2, -0.15) is 0 Å². The van der Waals surface area contributed by atoms with E-state index in [1.54, 1.807) is 25.3 Å². The normalized spacial score (nSPS) is 12.0. The molecule has 2 nitrogen and oxygen atoms in total. The molecule has 0 N–H and O–H groups in total. The molecule has 0 aromatic rings. The highest BCUT2D eigenvalue weighted by Crippen LogP contribution is 1.82. The Balaban J connectivity index is 4.04. The topological polar surface area (TPSA) is 29.4 Å². The lowest BCUT2D eigenvalue weighted by Crippen LogP contribution is -2.02. The Hall–Kier alpha value is -1.18. The predicted octanol–water partition coefficient (Wildman–Crippen LogP) is 1.74. The maximum Gasteiger partial charge on any atom is 0.173 e. The van der Waals surface area contributed by atoms with Gasteiger partial charge in [0, 0.05) is 13.1 Å². The molecule has 10 heavy (non-hydrogen) atoms. The van der Waals surface area contributed by atoms with Crippen LogP contribution in [-0.4, -0.2) is 11.5 Å². The molecule has 0 aliphatic heterocycles. The summed E-state index contributed by atoms with van der Waals surface area (Å²) in [5.74, 6) is -0.00582. The standard InChI is InChI=1S/C8H11NO/c1-4-5-6-9-7(2)8(3)10/h4-6H,1H2,2-3H3/b6-5-,9-7?. The average Bonchev–Trinajstić information content (AvgIpc) is 1.88. The van der Waals surface area contributed by atoms with E-state index in [0.29, 0.717) is 5.71 Å². The number of rotatable bonds is 3. The Labute approximate surface area is 61.0 Å². The lowest BCUT2D eigenvalue weighted by atomic mass is 10.3. The average molecular weight is 137 g/mol. The van der Waals surface area contributed by atoms with Crippen molar-refractivity contribution < 1.29 is 4.79 Å². The van der Waals surface area contributed by atoms with Crippen molar-refractivity contribution in [3.05, 3.63) is 24.9 Å². The van der Waals surface area contributed by atoms with Gasteiger partial charge in [-0.05, 0) is 13.0 Å². The number of carbonyl (C=O) groups excluding carboxylic acids is 1. The van der Waals surface area contributed by atoms with Gasteiger partial charge in [0.1, 0.15) is 0 Å². The van der Waals surface area contributed by atoms with E-state index >= 15 is 0 Å². The number of ketones is 1. The van der Waals surface area contributed by atoms with Crippen LogP contribution in [0, 0.1) is 0 Å². The lowest BCUT2D eigenvalue weighted by molar-refractivity contribution is -0.111. The minimum atomic E-state index is -0.00582. The Morgan fingerprint density at radius 3 is 2.50 bits per heavy atom. The monoisotopic (exact) mass is 137 g/mol. The predicted molar refractivity (Wildman–Crippen MR) is 43.1 cm³/mol. The van der Waals surface area contributed by atoms with Crippen molar-refractivity contribution in [3.63, 3.8) is 0 Å². The van der Waals surface area contributed by atoms with Crippen molar-refractivity contribution in [2.75, 3.05) is 0 Å². The fourth-order valence-corrected chi connectivity index (χ4v) is 0.307. The van der Waals surface area contributed by atoms with Crippen LogP contribution in [0.15, 0.2) is 29.9 Å². The third-order valence-electron chi connectivity index (χ3n) is 1.000. The zero-order valence-corrected chi connectivity index (χ0v) is 6.29. The number of allylic oxidation sites excluding steroid dienone is 2. The molecular formula is C8H11NO. The molecule has 0 saturated heterocycles. The Kier molecular flexibility index (Phi) is 4.12. The molecule has 0 unspecified atom stereocenters. The minimum Gasteiger partial charge on any atom is -0.293 e. The Morgan fingerprint density at radius 1 is 1.50 bits per heavy atom. The third kappa shape index (κ3) is 3.78. The van der Waals surface area contributed by atoms with Gasteiger partial charge in [-0.1, -0.05) is 12.7 Å². The second-order valence-corrected chi connectivity index (χ2v) is 1.85. The molecule has 0 rings (SSSR count). The van der Waals surface area contributed by atoms with E-state index in [1.807, 2.05) is 0 Å². The second kappa shape index (κ2) is 4.68. The van der Waals surface area contributed by atoms with E-state index in [0.717, 1.165) is 0 Å². The first-order chi connectivity index (χ1) is 4.68. The molecule has 0 fully saturated rings. The van der Waals surface area contributed by atoms with Gasteiger partial charge < -0.3 is 0 Å². The minimum absolute atomic E-state index is 0.00582. The van der Waals surface area contributed by atoms with Gasteiger partial charge in [-0.3, -0.25) is 9.79 Å². The Bertz CT molecular complexity index is 189. The second-order valence-electron chi connectivity index (χ2n) is 1.85. The van der Waals surface area contributed by atoms with Crippen LogP contribution in [0.3, 0.4) is 0 Å². The molecule has 0 heterocycles. The van der Waals surface area contributed by atoms with Crippen LogP contribution in [0.2, 0.25) is 0 Å². The molecule has 0 aromatic carbocycles. The molecule has 0 radical (unpaired) electrons. The molecule has 0 aliphatic carbocycles. The van der Waals surface area contributed by atoms with Crippen LogP contribution in [0.1, 0.15) is 13.8 Å². The van der Waals surface area contributed by atoms with Crippen LogP contribution in [0.5, 0.6) is 0 Å². The maximum absolute atomic E-state index is 10.5. The SMILES string of the molecule is C=C/C=C\N=C(C)C(C)=O. The van der Waals surface area contributed by atoms with Crippen LogP contribution < -0.4 is 0 Å². The summed E-state index contributed by atoms with van der Waals surface area (Å²) in [6, 6.07) is 0. The zero-order chi connectivity index (χ0) is 7.98. The highest BCUT2D eigenvalue weighted by molar-refractivity contribution is 6.38. The van der Waals surface area contributed by atoms with E-state index < -0.39 is 0 Å². The molecule has 54 valence electrons. The highest BCUT2D eigenvalue weighted by Gasteiger charge is 1.92. The third-order valence-corrected chi connectivity index (χ3v) is 1.000. The number of nitrogens with zero attached hydrogens (tertiary/aromatic N) is 1. The summed E-state index contributed by atoms with van der Waals surface area (Å²) in [4.78, 5) is 14.4. The summed E-state index contributed by atoms with van der Waals surface area (Å²) in [6.45, 7) is 6.62. The van der Waals surface area contributed by atoms with E-state index in [2.05, 4.69) is 11.6 Å². The molecule has 0 saturated carbocycles. The van der Waals surface area contributed by atoms with E-state index in [4.69, 9.17) is 0 Å². The zero-order valence-electron chi connectivity index (χ0n) is 6.29. The van der Waals surface area contributed by atoms with Crippen LogP contribution in [-0.2, 0) is 4.79 Å². The van der Waals surface area contributed by atoms with E-state index in [-0.39, 0.29) is 5.78 Å². The fourth-order valence-electron chi connectivity index (χ4n) is 0.307. The van der Waals surface area contributed by atoms with Gasteiger partial charge in [0.25, 0.3) is 0 Å². The molecule has 0 spiro atoms. The van der Waals surface area contributed by atoms with Crippen molar-refractivity contribution in [3.8, 4) is 0 Å². The van der Waals surface area contributed by atoms with Gasteiger partial charge in [0.2, 0.25) is 0 Å². The van der Waals surface area contributed by atoms with Gasteiger partial charge in [0.05, 0.1) is 5.71 Å². The number of aliphatic imine (C=N–C) groups is 1. The molecule has 0 aliphatic rings. The highest BCUT2D eigenvalue weighted by atomic mass is 16.1. The van der Waals surface area contributed by atoms with Gasteiger partial charge in [0.15, 0.2) is 5.78 Å². The first-order valence-electron chi connectivity index (χ1n) is 3.01. The number of hydrogen-bond donors (Lipinski definition) is 0. The van der Waals surface area contributed by atoms with Crippen molar-refractivity contribution in [1.82, 2.24) is 0 Å². The van der Waals surface area contributed by atoms with Crippen LogP contribution >= 0.6 is 0 Å². The van der Waals surface area contributed by atoms with Crippen LogP contribution in [0.25, 0.3) is 0 Å². The summed E-state index contributed by atoms with van der Waals surface area (Å²) in [6.07, 6.45) is 4.83. The number of hydrogen-bond acceptors (Lipinski definition) is 2. The van der Waals surface area contributed by atoms with E-state index in [1.165, 1.54) is 6.92 Å². The molecule has 2 heteroatoms. The maximum atomic E-state index is 10.5. The first kappa shape index (κ1) is 8.82. The summed E-state index contributed by atoms with van der Waals surface area (Å²) < 4.78 is 0. The Morgan fingerprint density at radius 2 is 2.10 bits per heavy atom. The van der Waals surface area contributed by atoms with Gasteiger partial charge in [-0.25, -0.2) is 0 Å². The van der Waals surface area contributed by atoms with Crippen molar-refractivity contribution in [2.45, 2.75) is 13.8 Å². The smallest absolute Gasteiger partial charge is 0.173 e. The largest absolute Gasteiger partial charge is 0.293 e. The molecule has 0 amide bonds. The van der Waals surface area contributed by atoms with Gasteiger partial charge in [-0.15, -0.1) is 0 Å². The van der Waals surface area contributed by atoms with Gasteiger partial charge >= 0.3 is 0 Å². The summed E-state index contributed by atoms with van der Waals surface area (Å²) in [5.41, 5.74) is 0.512. The first-order valence-corrected chi connectivity index (χ1v) is 3.01. The molecular weight excluding hydrogens is 126 g/mol. The van der Waals surface area contributed by atoms with Crippen LogP contribution in [0.4, 0.5) is 0 Å². The quantitative estimate of drug-likeness (QED) is 0.430. The van der Waals surface area contributed by atoms with Crippen molar-refractivity contribution in [1.29, 1.82) is 0 Å². The molecule has 0 bridgehead atoms. The number of carbonyl (C=O) groups is 1. The lowest BCUT2D eigenvalue weighted by Gasteiger charge is -1.86. The van der Waals surface area contributed by atoms with Crippen molar-refractivity contribution >= 4 is 11.5 Å². The number of Topliss-reactive ketones (excluding diaryl/α,β-unsaturated/α-hetero) is 1. The summed E-state index contributed by atoms with van der Waals surface area (Å²) in [7, 11) is 0. The molecule has 0 aromatic heterocycles. The fraction of sp³-hybridized carbons (Fsp3) is 0.250. The van der Waals surface area contributed by atoms with E-state index in [9.17, 15) is 4.79 Å². The summed E-state index contributed by atoms with van der Waals surface area (Å²) in [5, 5.41) is 0. The van der Waals surface area contributed by atoms with Crippen molar-refractivity contribution in [2.24, 2.45) is 4.99 Å². The summed E-state index contributed by atoms with van der Waals surface area (Å²) >= 11 is 0. The molecule has 0 atom stereocenters.